The molecule has 2 aliphatic heterocycles. The molecular formula is C25H27N3O4. The highest BCUT2D eigenvalue weighted by Gasteiger charge is 2.20. The summed E-state index contributed by atoms with van der Waals surface area (Å²) in [4.78, 5) is 20.4. The Morgan fingerprint density at radius 2 is 1.81 bits per heavy atom. The lowest BCUT2D eigenvalue weighted by Gasteiger charge is -2.32. The molecule has 7 heteroatoms. The SMILES string of the molecule is CC(CNC(=O)c1cc(-c2ccc3c(c2)OCCO3)nc2ccccc12)N1CCOCC1. The van der Waals surface area contributed by atoms with E-state index in [0.717, 1.165) is 54.2 Å². The Balaban J connectivity index is 1.42. The molecule has 5 rings (SSSR count). The van der Waals surface area contributed by atoms with Gasteiger partial charge in [-0.2, -0.15) is 0 Å². The van der Waals surface area contributed by atoms with E-state index < -0.39 is 0 Å². The van der Waals surface area contributed by atoms with Gasteiger partial charge in [0.05, 0.1) is 30.0 Å². The molecule has 1 unspecified atom stereocenters. The van der Waals surface area contributed by atoms with Crippen molar-refractivity contribution in [3.63, 3.8) is 0 Å². The fourth-order valence-corrected chi connectivity index (χ4v) is 4.20. The van der Waals surface area contributed by atoms with E-state index in [4.69, 9.17) is 19.2 Å². The maximum atomic E-state index is 13.2. The van der Waals surface area contributed by atoms with E-state index in [0.29, 0.717) is 31.1 Å². The van der Waals surface area contributed by atoms with Gasteiger partial charge in [0.25, 0.3) is 5.91 Å². The molecule has 7 nitrogen and oxygen atoms in total. The van der Waals surface area contributed by atoms with E-state index >= 15 is 0 Å². The van der Waals surface area contributed by atoms with Crippen molar-refractivity contribution in [1.82, 2.24) is 15.2 Å². The van der Waals surface area contributed by atoms with E-state index in [-0.39, 0.29) is 11.9 Å². The average molecular weight is 434 g/mol. The van der Waals surface area contributed by atoms with Crippen LogP contribution in [0.1, 0.15) is 17.3 Å². The number of carbonyl (C=O) groups excluding carboxylic acids is 1. The third-order valence-corrected chi connectivity index (χ3v) is 6.03. The third-order valence-electron chi connectivity index (χ3n) is 6.03. The van der Waals surface area contributed by atoms with Crippen LogP contribution in [0.15, 0.2) is 48.5 Å². The van der Waals surface area contributed by atoms with Crippen molar-refractivity contribution in [3.8, 4) is 22.8 Å². The minimum Gasteiger partial charge on any atom is -0.486 e. The van der Waals surface area contributed by atoms with Crippen LogP contribution in [-0.4, -0.2) is 67.9 Å². The van der Waals surface area contributed by atoms with Crippen LogP contribution in [0.2, 0.25) is 0 Å². The molecule has 1 fully saturated rings. The van der Waals surface area contributed by atoms with Crippen LogP contribution in [0.5, 0.6) is 11.5 Å². The number of carbonyl (C=O) groups is 1. The number of nitrogens with zero attached hydrogens (tertiary/aromatic N) is 2. The van der Waals surface area contributed by atoms with Gasteiger partial charge in [-0.25, -0.2) is 4.98 Å². The molecule has 3 heterocycles. The first-order chi connectivity index (χ1) is 15.7. The van der Waals surface area contributed by atoms with Crippen molar-refractivity contribution < 1.29 is 19.0 Å². The van der Waals surface area contributed by atoms with Crippen LogP contribution in [0, 0.1) is 0 Å². The van der Waals surface area contributed by atoms with Crippen molar-refractivity contribution in [1.29, 1.82) is 0 Å². The number of morpholine rings is 1. The molecule has 166 valence electrons. The molecule has 0 saturated carbocycles. The normalized spacial score (nSPS) is 17.2. The highest BCUT2D eigenvalue weighted by molar-refractivity contribution is 6.07. The van der Waals surface area contributed by atoms with E-state index in [9.17, 15) is 4.79 Å². The number of amides is 1. The summed E-state index contributed by atoms with van der Waals surface area (Å²) in [6.07, 6.45) is 0. The van der Waals surface area contributed by atoms with Crippen LogP contribution < -0.4 is 14.8 Å². The quantitative estimate of drug-likeness (QED) is 0.667. The fraction of sp³-hybridized carbons (Fsp3) is 0.360. The molecule has 2 aromatic carbocycles. The Kier molecular flexibility index (Phi) is 5.92. The first-order valence-corrected chi connectivity index (χ1v) is 11.1. The molecule has 2 aliphatic rings. The molecule has 32 heavy (non-hydrogen) atoms. The number of pyridine rings is 1. The van der Waals surface area contributed by atoms with Gasteiger partial charge >= 0.3 is 0 Å². The van der Waals surface area contributed by atoms with Gasteiger partial charge in [0.1, 0.15) is 13.2 Å². The van der Waals surface area contributed by atoms with E-state index in [1.165, 1.54) is 0 Å². The smallest absolute Gasteiger partial charge is 0.252 e. The number of rotatable bonds is 5. The number of benzene rings is 2. The number of para-hydroxylation sites is 1. The van der Waals surface area contributed by atoms with Crippen LogP contribution in [0.25, 0.3) is 22.2 Å². The van der Waals surface area contributed by atoms with Crippen LogP contribution >= 0.6 is 0 Å². The molecule has 1 N–H and O–H groups in total. The van der Waals surface area contributed by atoms with Gasteiger partial charge in [-0.05, 0) is 37.3 Å². The van der Waals surface area contributed by atoms with Gasteiger partial charge in [-0.15, -0.1) is 0 Å². The highest BCUT2D eigenvalue weighted by Crippen LogP contribution is 2.35. The first kappa shape index (κ1) is 20.7. The zero-order valence-electron chi connectivity index (χ0n) is 18.2. The van der Waals surface area contributed by atoms with Crippen molar-refractivity contribution >= 4 is 16.8 Å². The Bertz CT molecular complexity index is 1130. The lowest BCUT2D eigenvalue weighted by Crippen LogP contribution is -2.47. The number of ether oxygens (including phenoxy) is 3. The fourth-order valence-electron chi connectivity index (χ4n) is 4.20. The van der Waals surface area contributed by atoms with Crippen molar-refractivity contribution in [3.05, 3.63) is 54.1 Å². The Hall–Kier alpha value is -3.16. The van der Waals surface area contributed by atoms with E-state index in [2.05, 4.69) is 17.1 Å². The predicted molar refractivity (Wildman–Crippen MR) is 122 cm³/mol. The number of fused-ring (bicyclic) bond motifs is 2. The molecule has 1 aromatic heterocycles. The van der Waals surface area contributed by atoms with Gasteiger partial charge in [-0.1, -0.05) is 18.2 Å². The molecule has 3 aromatic rings. The number of hydrogen-bond acceptors (Lipinski definition) is 6. The molecular weight excluding hydrogens is 406 g/mol. The van der Waals surface area contributed by atoms with Crippen molar-refractivity contribution in [2.45, 2.75) is 13.0 Å². The van der Waals surface area contributed by atoms with E-state index in [1.807, 2.05) is 48.5 Å². The minimum absolute atomic E-state index is 0.0949. The van der Waals surface area contributed by atoms with Crippen LogP contribution in [-0.2, 0) is 4.74 Å². The minimum atomic E-state index is -0.0949. The summed E-state index contributed by atoms with van der Waals surface area (Å²) in [5.41, 5.74) is 3.02. The second-order valence-electron chi connectivity index (χ2n) is 8.14. The lowest BCUT2D eigenvalue weighted by molar-refractivity contribution is 0.0204. The average Bonchev–Trinajstić information content (AvgIpc) is 2.86. The molecule has 1 saturated heterocycles. The highest BCUT2D eigenvalue weighted by atomic mass is 16.6. The first-order valence-electron chi connectivity index (χ1n) is 11.1. The Labute approximate surface area is 187 Å². The molecule has 1 amide bonds. The second-order valence-corrected chi connectivity index (χ2v) is 8.14. The zero-order valence-corrected chi connectivity index (χ0v) is 18.2. The summed E-state index contributed by atoms with van der Waals surface area (Å²) in [6, 6.07) is 15.6. The third kappa shape index (κ3) is 4.26. The Morgan fingerprint density at radius 3 is 2.66 bits per heavy atom. The lowest BCUT2D eigenvalue weighted by atomic mass is 10.0. The van der Waals surface area contributed by atoms with Gasteiger partial charge in [-0.3, -0.25) is 9.69 Å². The summed E-state index contributed by atoms with van der Waals surface area (Å²) >= 11 is 0. The van der Waals surface area contributed by atoms with Gasteiger partial charge in [0, 0.05) is 36.6 Å². The number of aromatic nitrogens is 1. The zero-order chi connectivity index (χ0) is 21.9. The largest absolute Gasteiger partial charge is 0.486 e. The summed E-state index contributed by atoms with van der Waals surface area (Å²) in [6.45, 7) is 7.06. The van der Waals surface area contributed by atoms with E-state index in [1.54, 1.807) is 0 Å². The molecule has 0 spiro atoms. The standard InChI is InChI=1S/C25H27N3O4/c1-17(28-8-10-30-11-9-28)16-26-25(29)20-15-22(27-21-5-3-2-4-19(20)21)18-6-7-23-24(14-18)32-13-12-31-23/h2-7,14-15,17H,8-13,16H2,1H3,(H,26,29). The van der Waals surface area contributed by atoms with Crippen LogP contribution in [0.3, 0.4) is 0 Å². The number of hydrogen-bond donors (Lipinski definition) is 1. The van der Waals surface area contributed by atoms with Gasteiger partial charge < -0.3 is 19.5 Å². The molecule has 0 radical (unpaired) electrons. The van der Waals surface area contributed by atoms with Gasteiger partial charge in [0.15, 0.2) is 11.5 Å². The molecule has 0 bridgehead atoms. The summed E-state index contributed by atoms with van der Waals surface area (Å²) in [7, 11) is 0. The summed E-state index contributed by atoms with van der Waals surface area (Å²) < 4.78 is 16.8. The number of nitrogens with one attached hydrogen (secondary N) is 1. The Morgan fingerprint density at radius 1 is 1.03 bits per heavy atom. The summed E-state index contributed by atoms with van der Waals surface area (Å²) in [5.74, 6) is 1.34. The maximum Gasteiger partial charge on any atom is 0.252 e. The second kappa shape index (κ2) is 9.14. The topological polar surface area (TPSA) is 72.9 Å². The summed E-state index contributed by atoms with van der Waals surface area (Å²) in [5, 5.41) is 3.96. The van der Waals surface area contributed by atoms with Crippen molar-refractivity contribution in [2.24, 2.45) is 0 Å². The molecule has 0 aliphatic carbocycles. The predicted octanol–water partition coefficient (Wildman–Crippen LogP) is 3.12. The van der Waals surface area contributed by atoms with Gasteiger partial charge in [0.2, 0.25) is 0 Å². The monoisotopic (exact) mass is 433 g/mol. The van der Waals surface area contributed by atoms with Crippen LogP contribution in [0.4, 0.5) is 0 Å². The van der Waals surface area contributed by atoms with Crippen molar-refractivity contribution in [2.75, 3.05) is 46.1 Å². The maximum absolute atomic E-state index is 13.2. The molecule has 1 atom stereocenters.